The van der Waals surface area contributed by atoms with Crippen molar-refractivity contribution in [2.24, 2.45) is 0 Å². The zero-order valence-electron chi connectivity index (χ0n) is 11.3. The molecule has 0 radical (unpaired) electrons. The number of anilines is 2. The molecular weight excluding hydrogens is 250 g/mol. The number of hydrogen-bond acceptors (Lipinski definition) is 7. The third-order valence-corrected chi connectivity index (χ3v) is 2.39. The van der Waals surface area contributed by atoms with E-state index in [1.165, 1.54) is 13.4 Å². The summed E-state index contributed by atoms with van der Waals surface area (Å²) in [5.74, 6) is 0.742. The fourth-order valence-corrected chi connectivity index (χ4v) is 1.39. The fraction of sp³-hybridized carbons (Fsp3) is 0.545. The smallest absolute Gasteiger partial charge is 0.242 e. The molecule has 0 fully saturated rings. The molecule has 0 saturated heterocycles. The molecular formula is C11H19N5O3. The van der Waals surface area contributed by atoms with E-state index in [1.54, 1.807) is 14.0 Å². The number of hydrogen-bond donors (Lipinski definition) is 3. The molecule has 1 atom stereocenters. The largest absolute Gasteiger partial charge is 0.490 e. The molecule has 0 spiro atoms. The van der Waals surface area contributed by atoms with Crippen molar-refractivity contribution < 1.29 is 14.3 Å². The second kappa shape index (κ2) is 7.37. The quantitative estimate of drug-likeness (QED) is 0.579. The summed E-state index contributed by atoms with van der Waals surface area (Å²) in [7, 11) is 3.03. The van der Waals surface area contributed by atoms with E-state index in [2.05, 4.69) is 20.6 Å². The zero-order valence-corrected chi connectivity index (χ0v) is 11.3. The van der Waals surface area contributed by atoms with Gasteiger partial charge in [-0.3, -0.25) is 4.79 Å². The van der Waals surface area contributed by atoms with E-state index < -0.39 is 6.04 Å². The molecule has 0 bridgehead atoms. The molecule has 4 N–H and O–H groups in total. The molecule has 0 aromatic carbocycles. The Bertz CT molecular complexity index is 427. The van der Waals surface area contributed by atoms with Crippen molar-refractivity contribution in [3.05, 3.63) is 6.33 Å². The van der Waals surface area contributed by atoms with Gasteiger partial charge in [0.05, 0.1) is 13.7 Å². The maximum Gasteiger partial charge on any atom is 0.242 e. The Kier molecular flexibility index (Phi) is 5.80. The van der Waals surface area contributed by atoms with Crippen LogP contribution in [0, 0.1) is 0 Å². The summed E-state index contributed by atoms with van der Waals surface area (Å²) in [5.41, 5.74) is 5.65. The minimum Gasteiger partial charge on any atom is -0.490 e. The van der Waals surface area contributed by atoms with Crippen LogP contribution in [0.4, 0.5) is 11.6 Å². The number of carbonyl (C=O) groups excluding carboxylic acids is 1. The van der Waals surface area contributed by atoms with Gasteiger partial charge < -0.3 is 25.8 Å². The third-order valence-electron chi connectivity index (χ3n) is 2.39. The van der Waals surface area contributed by atoms with Crippen LogP contribution in [0.2, 0.25) is 0 Å². The number of rotatable bonds is 7. The van der Waals surface area contributed by atoms with Gasteiger partial charge in [-0.2, -0.15) is 0 Å². The monoisotopic (exact) mass is 269 g/mol. The predicted molar refractivity (Wildman–Crippen MR) is 71.0 cm³/mol. The highest BCUT2D eigenvalue weighted by atomic mass is 16.5. The van der Waals surface area contributed by atoms with Crippen LogP contribution in [0.5, 0.6) is 5.75 Å². The van der Waals surface area contributed by atoms with Crippen LogP contribution in [-0.4, -0.2) is 49.3 Å². The Balaban J connectivity index is 2.63. The molecule has 1 aromatic rings. The van der Waals surface area contributed by atoms with Crippen molar-refractivity contribution in [1.29, 1.82) is 0 Å². The minimum atomic E-state index is -0.486. The van der Waals surface area contributed by atoms with Crippen molar-refractivity contribution in [3.63, 3.8) is 0 Å². The number of nitrogen functional groups attached to an aromatic ring is 1. The molecule has 1 unspecified atom stereocenters. The van der Waals surface area contributed by atoms with Gasteiger partial charge in [-0.05, 0) is 6.92 Å². The summed E-state index contributed by atoms with van der Waals surface area (Å²) < 4.78 is 9.94. The number of aromatic nitrogens is 2. The second-order valence-electron chi connectivity index (χ2n) is 3.79. The Morgan fingerprint density at radius 3 is 2.84 bits per heavy atom. The summed E-state index contributed by atoms with van der Waals surface area (Å²) in [4.78, 5) is 19.6. The van der Waals surface area contributed by atoms with Gasteiger partial charge in [0.25, 0.3) is 0 Å². The van der Waals surface area contributed by atoms with Gasteiger partial charge in [0.15, 0.2) is 11.6 Å². The zero-order chi connectivity index (χ0) is 14.3. The van der Waals surface area contributed by atoms with Crippen LogP contribution in [0.25, 0.3) is 0 Å². The first-order chi connectivity index (χ1) is 9.10. The van der Waals surface area contributed by atoms with Gasteiger partial charge >= 0.3 is 0 Å². The third kappa shape index (κ3) is 4.25. The van der Waals surface area contributed by atoms with Crippen molar-refractivity contribution in [1.82, 2.24) is 15.3 Å². The lowest BCUT2D eigenvalue weighted by molar-refractivity contribution is -0.121. The number of amides is 1. The average molecular weight is 269 g/mol. The highest BCUT2D eigenvalue weighted by molar-refractivity contribution is 5.84. The van der Waals surface area contributed by atoms with Crippen LogP contribution in [0.1, 0.15) is 6.92 Å². The second-order valence-corrected chi connectivity index (χ2v) is 3.79. The van der Waals surface area contributed by atoms with E-state index in [0.29, 0.717) is 24.7 Å². The van der Waals surface area contributed by atoms with Gasteiger partial charge in [0, 0.05) is 13.7 Å². The molecule has 1 aromatic heterocycles. The Labute approximate surface area is 111 Å². The Morgan fingerprint density at radius 2 is 2.21 bits per heavy atom. The maximum atomic E-state index is 11.8. The molecule has 106 valence electrons. The maximum absolute atomic E-state index is 11.8. The van der Waals surface area contributed by atoms with Crippen LogP contribution in [-0.2, 0) is 9.53 Å². The number of methoxy groups -OCH3 is 2. The molecule has 1 amide bonds. The molecule has 8 heteroatoms. The van der Waals surface area contributed by atoms with Gasteiger partial charge in [-0.1, -0.05) is 0 Å². The number of nitrogens with two attached hydrogens (primary N) is 1. The lowest BCUT2D eigenvalue weighted by atomic mass is 10.3. The van der Waals surface area contributed by atoms with E-state index in [0.717, 1.165) is 0 Å². The molecule has 8 nitrogen and oxygen atoms in total. The molecule has 0 aliphatic carbocycles. The molecule has 1 rings (SSSR count). The van der Waals surface area contributed by atoms with Gasteiger partial charge in [-0.25, -0.2) is 9.97 Å². The van der Waals surface area contributed by atoms with Gasteiger partial charge in [0.1, 0.15) is 12.4 Å². The first kappa shape index (κ1) is 15.0. The molecule has 0 saturated carbocycles. The van der Waals surface area contributed by atoms with Crippen molar-refractivity contribution in [3.8, 4) is 5.75 Å². The number of nitrogens with one attached hydrogen (secondary N) is 2. The topological polar surface area (TPSA) is 111 Å². The predicted octanol–water partition coefficient (Wildman–Crippen LogP) is -0.370. The van der Waals surface area contributed by atoms with Crippen LogP contribution >= 0.6 is 0 Å². The molecule has 0 aliphatic rings. The van der Waals surface area contributed by atoms with Gasteiger partial charge in [-0.15, -0.1) is 0 Å². The summed E-state index contributed by atoms with van der Waals surface area (Å²) in [6.07, 6.45) is 1.30. The normalized spacial score (nSPS) is 11.7. The standard InChI is InChI=1S/C11H19N5O3/c1-7(11(17)13-4-5-18-2)16-10-8(19-3)9(12)14-6-15-10/h6-7H,4-5H2,1-3H3,(H,13,17)(H3,12,14,15,16). The van der Waals surface area contributed by atoms with E-state index >= 15 is 0 Å². The summed E-state index contributed by atoms with van der Waals surface area (Å²) in [6.45, 7) is 2.62. The van der Waals surface area contributed by atoms with E-state index in [-0.39, 0.29) is 11.7 Å². The Morgan fingerprint density at radius 1 is 1.47 bits per heavy atom. The van der Waals surface area contributed by atoms with E-state index in [9.17, 15) is 4.79 Å². The van der Waals surface area contributed by atoms with Crippen molar-refractivity contribution in [2.45, 2.75) is 13.0 Å². The highest BCUT2D eigenvalue weighted by Crippen LogP contribution is 2.26. The molecule has 1 heterocycles. The molecule has 0 aliphatic heterocycles. The number of ether oxygens (including phenoxy) is 2. The molecule has 19 heavy (non-hydrogen) atoms. The van der Waals surface area contributed by atoms with Gasteiger partial charge in [0.2, 0.25) is 11.7 Å². The summed E-state index contributed by atoms with van der Waals surface area (Å²) in [5, 5.41) is 5.63. The van der Waals surface area contributed by atoms with E-state index in [4.69, 9.17) is 15.2 Å². The first-order valence-corrected chi connectivity index (χ1v) is 5.77. The minimum absolute atomic E-state index is 0.170. The van der Waals surface area contributed by atoms with Crippen LogP contribution in [0.15, 0.2) is 6.33 Å². The lowest BCUT2D eigenvalue weighted by Crippen LogP contribution is -2.39. The van der Waals surface area contributed by atoms with Crippen molar-refractivity contribution in [2.75, 3.05) is 38.4 Å². The summed E-state index contributed by atoms with van der Waals surface area (Å²) in [6, 6.07) is -0.486. The average Bonchev–Trinajstić information content (AvgIpc) is 2.39. The van der Waals surface area contributed by atoms with E-state index in [1.807, 2.05) is 0 Å². The lowest BCUT2D eigenvalue weighted by Gasteiger charge is -2.16. The Hall–Kier alpha value is -2.09. The fourth-order valence-electron chi connectivity index (χ4n) is 1.39. The number of nitrogens with zero attached hydrogens (tertiary/aromatic N) is 2. The van der Waals surface area contributed by atoms with Crippen LogP contribution in [0.3, 0.4) is 0 Å². The van der Waals surface area contributed by atoms with Crippen LogP contribution < -0.4 is 21.1 Å². The summed E-state index contributed by atoms with van der Waals surface area (Å²) >= 11 is 0. The van der Waals surface area contributed by atoms with Crippen molar-refractivity contribution >= 4 is 17.5 Å². The SMILES string of the molecule is COCCNC(=O)C(C)Nc1ncnc(N)c1OC. The first-order valence-electron chi connectivity index (χ1n) is 5.77. The highest BCUT2D eigenvalue weighted by Gasteiger charge is 2.16. The number of carbonyl (C=O) groups is 1.